The Labute approximate surface area is 172 Å². The van der Waals surface area contributed by atoms with Crippen molar-refractivity contribution in [3.63, 3.8) is 0 Å². The zero-order valence-corrected chi connectivity index (χ0v) is 17.8. The highest BCUT2D eigenvalue weighted by Crippen LogP contribution is 2.26. The SMILES string of the molecule is CCCN(C)c1ccc(C(=O)Nc2cc(C(C)(C)C)nn2-c2ccccn2)cc1. The third kappa shape index (κ3) is 4.83. The fraction of sp³-hybridized carbons (Fsp3) is 0.348. The lowest BCUT2D eigenvalue weighted by atomic mass is 9.92. The average molecular weight is 392 g/mol. The molecule has 0 aliphatic carbocycles. The van der Waals surface area contributed by atoms with E-state index < -0.39 is 0 Å². The minimum atomic E-state index is -0.174. The summed E-state index contributed by atoms with van der Waals surface area (Å²) < 4.78 is 1.68. The molecule has 0 radical (unpaired) electrons. The molecule has 0 aliphatic heterocycles. The summed E-state index contributed by atoms with van der Waals surface area (Å²) >= 11 is 0. The van der Waals surface area contributed by atoms with Crippen LogP contribution in [0.3, 0.4) is 0 Å². The summed E-state index contributed by atoms with van der Waals surface area (Å²) in [5.41, 5.74) is 2.43. The zero-order valence-electron chi connectivity index (χ0n) is 17.8. The number of nitrogens with zero attached hydrogens (tertiary/aromatic N) is 4. The molecule has 0 spiro atoms. The van der Waals surface area contributed by atoms with Gasteiger partial charge in [-0.15, -0.1) is 0 Å². The number of carbonyl (C=O) groups excluding carboxylic acids is 1. The van der Waals surface area contributed by atoms with Gasteiger partial charge < -0.3 is 10.2 Å². The van der Waals surface area contributed by atoms with Crippen LogP contribution >= 0.6 is 0 Å². The molecular formula is C23H29N5O. The molecule has 0 bridgehead atoms. The van der Waals surface area contributed by atoms with Gasteiger partial charge in [0.1, 0.15) is 5.82 Å². The van der Waals surface area contributed by atoms with Crippen LogP contribution in [0.15, 0.2) is 54.7 Å². The topological polar surface area (TPSA) is 63.1 Å². The molecule has 0 saturated heterocycles. The standard InChI is InChI=1S/C23H29N5O/c1-6-15-27(5)18-12-10-17(11-13-18)22(29)25-21-16-19(23(2,3)4)26-28(21)20-9-7-8-14-24-20/h7-14,16H,6,15H2,1-5H3,(H,25,29). The van der Waals surface area contributed by atoms with E-state index in [1.54, 1.807) is 10.9 Å². The van der Waals surface area contributed by atoms with Crippen LogP contribution < -0.4 is 10.2 Å². The summed E-state index contributed by atoms with van der Waals surface area (Å²) in [6, 6.07) is 15.2. The molecule has 0 saturated carbocycles. The van der Waals surface area contributed by atoms with Gasteiger partial charge in [0.15, 0.2) is 5.82 Å². The van der Waals surface area contributed by atoms with Crippen LogP contribution in [0.1, 0.15) is 50.2 Å². The lowest BCUT2D eigenvalue weighted by Gasteiger charge is -2.18. The smallest absolute Gasteiger partial charge is 0.256 e. The first-order chi connectivity index (χ1) is 13.8. The maximum Gasteiger partial charge on any atom is 0.256 e. The van der Waals surface area contributed by atoms with Crippen molar-refractivity contribution in [1.29, 1.82) is 0 Å². The molecule has 6 nitrogen and oxygen atoms in total. The van der Waals surface area contributed by atoms with E-state index in [1.807, 2.05) is 48.5 Å². The number of carbonyl (C=O) groups is 1. The predicted octanol–water partition coefficient (Wildman–Crippen LogP) is 4.66. The Bertz CT molecular complexity index is 955. The maximum absolute atomic E-state index is 12.9. The minimum absolute atomic E-state index is 0.148. The van der Waals surface area contributed by atoms with E-state index >= 15 is 0 Å². The Morgan fingerprint density at radius 2 is 1.86 bits per heavy atom. The highest BCUT2D eigenvalue weighted by molar-refractivity contribution is 6.04. The van der Waals surface area contributed by atoms with Crippen molar-refractivity contribution in [2.75, 3.05) is 23.8 Å². The van der Waals surface area contributed by atoms with Crippen LogP contribution in [0.5, 0.6) is 0 Å². The van der Waals surface area contributed by atoms with Gasteiger partial charge in [-0.1, -0.05) is 33.8 Å². The summed E-state index contributed by atoms with van der Waals surface area (Å²) in [6.45, 7) is 9.40. The molecule has 1 aromatic carbocycles. The first-order valence-electron chi connectivity index (χ1n) is 9.94. The molecule has 1 N–H and O–H groups in total. The Morgan fingerprint density at radius 1 is 1.14 bits per heavy atom. The lowest BCUT2D eigenvalue weighted by molar-refractivity contribution is 0.102. The van der Waals surface area contributed by atoms with Crippen molar-refractivity contribution in [1.82, 2.24) is 14.8 Å². The van der Waals surface area contributed by atoms with E-state index in [1.165, 1.54) is 0 Å². The first kappa shape index (κ1) is 20.6. The van der Waals surface area contributed by atoms with Gasteiger partial charge in [-0.3, -0.25) is 4.79 Å². The molecule has 0 aliphatic rings. The van der Waals surface area contributed by atoms with Crippen molar-refractivity contribution < 1.29 is 4.79 Å². The number of rotatable bonds is 6. The van der Waals surface area contributed by atoms with Gasteiger partial charge >= 0.3 is 0 Å². The number of pyridine rings is 1. The zero-order chi connectivity index (χ0) is 21.0. The molecule has 29 heavy (non-hydrogen) atoms. The lowest BCUT2D eigenvalue weighted by Crippen LogP contribution is -2.18. The van der Waals surface area contributed by atoms with Crippen LogP contribution in [0.4, 0.5) is 11.5 Å². The highest BCUT2D eigenvalue weighted by atomic mass is 16.1. The van der Waals surface area contributed by atoms with Gasteiger partial charge in [-0.25, -0.2) is 4.98 Å². The van der Waals surface area contributed by atoms with E-state index in [0.717, 1.165) is 24.3 Å². The van der Waals surface area contributed by atoms with Gasteiger partial charge in [0.25, 0.3) is 5.91 Å². The van der Waals surface area contributed by atoms with E-state index in [4.69, 9.17) is 0 Å². The summed E-state index contributed by atoms with van der Waals surface area (Å²) in [4.78, 5) is 19.4. The van der Waals surface area contributed by atoms with Crippen LogP contribution in [0.25, 0.3) is 5.82 Å². The van der Waals surface area contributed by atoms with Crippen molar-refractivity contribution in [2.45, 2.75) is 39.5 Å². The largest absolute Gasteiger partial charge is 0.375 e. The Morgan fingerprint density at radius 3 is 2.45 bits per heavy atom. The van der Waals surface area contributed by atoms with E-state index in [0.29, 0.717) is 17.2 Å². The van der Waals surface area contributed by atoms with Gasteiger partial charge in [0.05, 0.1) is 5.69 Å². The fourth-order valence-electron chi connectivity index (χ4n) is 3.01. The normalized spacial score (nSPS) is 11.3. The minimum Gasteiger partial charge on any atom is -0.375 e. The average Bonchev–Trinajstić information content (AvgIpc) is 3.13. The van der Waals surface area contributed by atoms with Crippen molar-refractivity contribution in [2.24, 2.45) is 0 Å². The Balaban J connectivity index is 1.87. The maximum atomic E-state index is 12.9. The van der Waals surface area contributed by atoms with Crippen molar-refractivity contribution >= 4 is 17.4 Å². The van der Waals surface area contributed by atoms with Crippen molar-refractivity contribution in [3.8, 4) is 5.82 Å². The number of hydrogen-bond donors (Lipinski definition) is 1. The number of nitrogens with one attached hydrogen (secondary N) is 1. The van der Waals surface area contributed by atoms with E-state index in [9.17, 15) is 4.79 Å². The molecule has 1 amide bonds. The third-order valence-electron chi connectivity index (χ3n) is 4.71. The molecular weight excluding hydrogens is 362 g/mol. The highest BCUT2D eigenvalue weighted by Gasteiger charge is 2.22. The number of amides is 1. The summed E-state index contributed by atoms with van der Waals surface area (Å²) in [5.74, 6) is 1.09. The Kier molecular flexibility index (Phi) is 6.01. The number of benzene rings is 1. The molecule has 152 valence electrons. The van der Waals surface area contributed by atoms with Gasteiger partial charge in [-0.2, -0.15) is 9.78 Å². The predicted molar refractivity (Wildman–Crippen MR) is 118 cm³/mol. The second-order valence-corrected chi connectivity index (χ2v) is 8.19. The van der Waals surface area contributed by atoms with Crippen LogP contribution in [0, 0.1) is 0 Å². The molecule has 3 rings (SSSR count). The second kappa shape index (κ2) is 8.47. The van der Waals surface area contributed by atoms with Crippen LogP contribution in [-0.2, 0) is 5.41 Å². The third-order valence-corrected chi connectivity index (χ3v) is 4.71. The number of hydrogen-bond acceptors (Lipinski definition) is 4. The van der Waals surface area contributed by atoms with Crippen LogP contribution in [0.2, 0.25) is 0 Å². The van der Waals surface area contributed by atoms with E-state index in [2.05, 4.69) is 55.0 Å². The molecule has 0 atom stereocenters. The quantitative estimate of drug-likeness (QED) is 0.664. The fourth-order valence-corrected chi connectivity index (χ4v) is 3.01. The molecule has 2 heterocycles. The monoisotopic (exact) mass is 391 g/mol. The molecule has 2 aromatic heterocycles. The van der Waals surface area contributed by atoms with Gasteiger partial charge in [0.2, 0.25) is 0 Å². The number of anilines is 2. The summed E-state index contributed by atoms with van der Waals surface area (Å²) in [6.07, 6.45) is 2.79. The number of aromatic nitrogens is 3. The summed E-state index contributed by atoms with van der Waals surface area (Å²) in [7, 11) is 2.05. The molecule has 0 fully saturated rings. The first-order valence-corrected chi connectivity index (χ1v) is 9.94. The van der Waals surface area contributed by atoms with Crippen LogP contribution in [-0.4, -0.2) is 34.3 Å². The van der Waals surface area contributed by atoms with E-state index in [-0.39, 0.29) is 11.3 Å². The van der Waals surface area contributed by atoms with Crippen molar-refractivity contribution in [3.05, 3.63) is 66.0 Å². The second-order valence-electron chi connectivity index (χ2n) is 8.19. The Hall–Kier alpha value is -3.15. The molecule has 3 aromatic rings. The molecule has 6 heteroatoms. The van der Waals surface area contributed by atoms with Gasteiger partial charge in [-0.05, 0) is 42.8 Å². The summed E-state index contributed by atoms with van der Waals surface area (Å²) in [5, 5.41) is 7.69. The van der Waals surface area contributed by atoms with Gasteiger partial charge in [0, 0.05) is 42.5 Å². The molecule has 0 unspecified atom stereocenters.